The molecule has 0 fully saturated rings. The van der Waals surface area contributed by atoms with Crippen molar-refractivity contribution in [2.24, 2.45) is 5.92 Å². The highest BCUT2D eigenvalue weighted by Gasteiger charge is 2.30. The van der Waals surface area contributed by atoms with Crippen molar-refractivity contribution in [2.45, 2.75) is 58.9 Å². The van der Waals surface area contributed by atoms with Crippen molar-refractivity contribution in [1.82, 2.24) is 20.7 Å². The van der Waals surface area contributed by atoms with Crippen LogP contribution >= 0.6 is 0 Å². The Kier molecular flexibility index (Phi) is 11.0. The second-order valence-corrected chi connectivity index (χ2v) is 8.53. The van der Waals surface area contributed by atoms with Gasteiger partial charge in [0.2, 0.25) is 12.3 Å². The van der Waals surface area contributed by atoms with E-state index in [1.165, 1.54) is 12.1 Å². The summed E-state index contributed by atoms with van der Waals surface area (Å²) in [6, 6.07) is 8.94. The SMILES string of the molecule is CCCCCC(C(=O)NCNC(=O)c1cccc(-c2ccc(C(=O)O)cc2C)n1)C(CC)N(O)C=O. The minimum Gasteiger partial charge on any atom is -0.478 e. The van der Waals surface area contributed by atoms with Crippen LogP contribution in [-0.2, 0) is 9.59 Å². The summed E-state index contributed by atoms with van der Waals surface area (Å²) in [7, 11) is 0. The molecule has 3 amide bonds. The molecule has 0 aliphatic rings. The van der Waals surface area contributed by atoms with E-state index < -0.39 is 23.8 Å². The maximum Gasteiger partial charge on any atom is 0.335 e. The van der Waals surface area contributed by atoms with E-state index in [2.05, 4.69) is 15.6 Å². The third kappa shape index (κ3) is 7.61. The number of carbonyl (C=O) groups is 4. The molecule has 1 aromatic heterocycles. The van der Waals surface area contributed by atoms with Gasteiger partial charge in [0.1, 0.15) is 5.69 Å². The summed E-state index contributed by atoms with van der Waals surface area (Å²) in [4.78, 5) is 52.2. The quantitative estimate of drug-likeness (QED) is 0.103. The first-order chi connectivity index (χ1) is 17.2. The Hall–Kier alpha value is -3.79. The predicted octanol–water partition coefficient (Wildman–Crippen LogP) is 3.38. The van der Waals surface area contributed by atoms with Crippen LogP contribution in [0.3, 0.4) is 0 Å². The highest BCUT2D eigenvalue weighted by atomic mass is 16.5. The number of carbonyl (C=O) groups excluding carboxylic acids is 3. The monoisotopic (exact) mass is 498 g/mol. The van der Waals surface area contributed by atoms with Gasteiger partial charge >= 0.3 is 5.97 Å². The van der Waals surface area contributed by atoms with Gasteiger partial charge in [-0.2, -0.15) is 0 Å². The van der Waals surface area contributed by atoms with Crippen molar-refractivity contribution >= 4 is 24.2 Å². The number of aryl methyl sites for hydroxylation is 1. The van der Waals surface area contributed by atoms with Crippen LogP contribution in [-0.4, -0.2) is 57.3 Å². The maximum absolute atomic E-state index is 12.9. The van der Waals surface area contributed by atoms with E-state index in [0.29, 0.717) is 41.1 Å². The third-order valence-corrected chi connectivity index (χ3v) is 6.03. The van der Waals surface area contributed by atoms with Gasteiger partial charge in [-0.1, -0.05) is 45.2 Å². The highest BCUT2D eigenvalue weighted by molar-refractivity contribution is 5.93. The molecule has 0 aliphatic carbocycles. The van der Waals surface area contributed by atoms with Gasteiger partial charge in [0.15, 0.2) is 0 Å². The molecule has 4 N–H and O–H groups in total. The van der Waals surface area contributed by atoms with Crippen LogP contribution in [0.2, 0.25) is 0 Å². The molecule has 0 saturated heterocycles. The zero-order chi connectivity index (χ0) is 26.7. The van der Waals surface area contributed by atoms with Crippen molar-refractivity contribution in [3.8, 4) is 11.3 Å². The van der Waals surface area contributed by atoms with Crippen LogP contribution in [0.4, 0.5) is 0 Å². The minimum atomic E-state index is -1.02. The first-order valence-corrected chi connectivity index (χ1v) is 12.0. The van der Waals surface area contributed by atoms with Crippen LogP contribution in [0.5, 0.6) is 0 Å². The number of pyridine rings is 1. The van der Waals surface area contributed by atoms with Gasteiger partial charge in [-0.05, 0) is 49.6 Å². The van der Waals surface area contributed by atoms with Crippen molar-refractivity contribution in [1.29, 1.82) is 0 Å². The number of aromatic nitrogens is 1. The number of carboxylic acids is 1. The number of aromatic carboxylic acids is 1. The van der Waals surface area contributed by atoms with E-state index >= 15 is 0 Å². The van der Waals surface area contributed by atoms with E-state index in [9.17, 15) is 24.4 Å². The summed E-state index contributed by atoms with van der Waals surface area (Å²) in [5.41, 5.74) is 2.22. The first-order valence-electron chi connectivity index (χ1n) is 12.0. The van der Waals surface area contributed by atoms with Crippen LogP contribution in [0, 0.1) is 12.8 Å². The lowest BCUT2D eigenvalue weighted by molar-refractivity contribution is -0.168. The number of hydroxylamine groups is 2. The summed E-state index contributed by atoms with van der Waals surface area (Å²) in [6.45, 7) is 5.45. The van der Waals surface area contributed by atoms with Crippen LogP contribution in [0.1, 0.15) is 72.4 Å². The third-order valence-electron chi connectivity index (χ3n) is 6.03. The number of rotatable bonds is 14. The molecule has 194 valence electrons. The number of carboxylic acid groups (broad SMARTS) is 1. The zero-order valence-corrected chi connectivity index (χ0v) is 20.9. The second-order valence-electron chi connectivity index (χ2n) is 8.53. The average molecular weight is 499 g/mol. The number of hydrogen-bond acceptors (Lipinski definition) is 6. The molecule has 1 heterocycles. The van der Waals surface area contributed by atoms with Gasteiger partial charge in [-0.15, -0.1) is 0 Å². The molecule has 2 rings (SSSR count). The Balaban J connectivity index is 2.06. The van der Waals surface area contributed by atoms with Gasteiger partial charge in [-0.25, -0.2) is 14.8 Å². The van der Waals surface area contributed by atoms with E-state index in [1.54, 1.807) is 38.1 Å². The molecule has 10 heteroatoms. The maximum atomic E-state index is 12.9. The largest absolute Gasteiger partial charge is 0.478 e. The van der Waals surface area contributed by atoms with E-state index in [0.717, 1.165) is 19.3 Å². The number of nitrogens with one attached hydrogen (secondary N) is 2. The topological polar surface area (TPSA) is 149 Å². The molecule has 0 spiro atoms. The van der Waals surface area contributed by atoms with Gasteiger partial charge in [0.25, 0.3) is 5.91 Å². The first kappa shape index (κ1) is 28.4. The Bertz CT molecular complexity index is 1070. The smallest absolute Gasteiger partial charge is 0.335 e. The fourth-order valence-corrected chi connectivity index (χ4v) is 4.08. The average Bonchev–Trinajstić information content (AvgIpc) is 2.87. The van der Waals surface area contributed by atoms with Crippen molar-refractivity contribution in [2.75, 3.05) is 6.67 Å². The number of benzene rings is 1. The number of unbranched alkanes of at least 4 members (excludes halogenated alkanes) is 2. The lowest BCUT2D eigenvalue weighted by Crippen LogP contribution is -2.47. The standard InChI is InChI=1S/C26H34N4O6/c1-4-6-7-9-20(23(5-2)30(36)16-31)24(32)27-15-28-25(33)22-11-8-10-21(29-22)19-13-12-18(26(34)35)14-17(19)3/h8,10-14,16,20,23,36H,4-7,9,15H2,1-3H3,(H,27,32)(H,28,33)(H,34,35). The molecule has 1 aromatic carbocycles. The second kappa shape index (κ2) is 13.9. The molecule has 2 atom stereocenters. The number of nitrogens with zero attached hydrogens (tertiary/aromatic N) is 2. The highest BCUT2D eigenvalue weighted by Crippen LogP contribution is 2.23. The van der Waals surface area contributed by atoms with Crippen molar-refractivity contribution in [3.05, 3.63) is 53.2 Å². The van der Waals surface area contributed by atoms with Crippen molar-refractivity contribution < 1.29 is 29.5 Å². The van der Waals surface area contributed by atoms with Crippen LogP contribution in [0.15, 0.2) is 36.4 Å². The molecule has 0 saturated carbocycles. The normalized spacial score (nSPS) is 12.3. The Morgan fingerprint density at radius 2 is 1.86 bits per heavy atom. The fraction of sp³-hybridized carbons (Fsp3) is 0.423. The Morgan fingerprint density at radius 3 is 2.47 bits per heavy atom. The summed E-state index contributed by atoms with van der Waals surface area (Å²) in [6.07, 6.45) is 3.85. The van der Waals surface area contributed by atoms with Crippen molar-refractivity contribution in [3.63, 3.8) is 0 Å². The van der Waals surface area contributed by atoms with E-state index in [1.807, 2.05) is 6.92 Å². The van der Waals surface area contributed by atoms with Gasteiger partial charge in [0, 0.05) is 5.56 Å². The molecule has 10 nitrogen and oxygen atoms in total. The summed E-state index contributed by atoms with van der Waals surface area (Å²) < 4.78 is 0. The lowest BCUT2D eigenvalue weighted by Gasteiger charge is -2.29. The Labute approximate surface area is 210 Å². The molecule has 2 unspecified atom stereocenters. The van der Waals surface area contributed by atoms with Gasteiger partial charge in [0.05, 0.1) is 29.9 Å². The fourth-order valence-electron chi connectivity index (χ4n) is 4.08. The summed E-state index contributed by atoms with van der Waals surface area (Å²) >= 11 is 0. The molecule has 0 bridgehead atoms. The lowest BCUT2D eigenvalue weighted by atomic mass is 9.90. The molecule has 0 aliphatic heterocycles. The van der Waals surface area contributed by atoms with Crippen LogP contribution in [0.25, 0.3) is 11.3 Å². The molecule has 2 aromatic rings. The van der Waals surface area contributed by atoms with E-state index in [4.69, 9.17) is 5.11 Å². The molecule has 36 heavy (non-hydrogen) atoms. The number of amides is 3. The molecule has 0 radical (unpaired) electrons. The molecular weight excluding hydrogens is 464 g/mol. The Morgan fingerprint density at radius 1 is 1.11 bits per heavy atom. The predicted molar refractivity (Wildman–Crippen MR) is 133 cm³/mol. The molecular formula is C26H34N4O6. The van der Waals surface area contributed by atoms with Gasteiger partial charge in [-0.3, -0.25) is 19.6 Å². The van der Waals surface area contributed by atoms with Gasteiger partial charge < -0.3 is 15.7 Å². The zero-order valence-electron chi connectivity index (χ0n) is 20.9. The number of hydrogen-bond donors (Lipinski definition) is 4. The summed E-state index contributed by atoms with van der Waals surface area (Å²) in [5.74, 6) is -2.51. The minimum absolute atomic E-state index is 0.136. The van der Waals surface area contributed by atoms with Crippen LogP contribution < -0.4 is 10.6 Å². The van der Waals surface area contributed by atoms with E-state index in [-0.39, 0.29) is 23.8 Å². The summed E-state index contributed by atoms with van der Waals surface area (Å²) in [5, 5.41) is 24.9.